The Labute approximate surface area is 124 Å². The van der Waals surface area contributed by atoms with Gasteiger partial charge in [-0.15, -0.1) is 0 Å². The Morgan fingerprint density at radius 3 is 1.95 bits per heavy atom. The molecule has 0 aromatic heterocycles. The monoisotopic (exact) mass is 271 g/mol. The molecular formula is C20H15O. The van der Waals surface area contributed by atoms with Crippen LogP contribution in [0.4, 0.5) is 0 Å². The molecule has 21 heavy (non-hydrogen) atoms. The van der Waals surface area contributed by atoms with E-state index in [0.717, 1.165) is 10.8 Å². The molecule has 1 heteroatoms. The molecule has 0 spiro atoms. The van der Waals surface area contributed by atoms with E-state index in [2.05, 4.69) is 24.3 Å². The van der Waals surface area contributed by atoms with Gasteiger partial charge in [-0.3, -0.25) is 0 Å². The molecule has 0 heterocycles. The largest absolute Gasteiger partial charge is 0.508 e. The van der Waals surface area contributed by atoms with Crippen molar-refractivity contribution in [1.29, 1.82) is 0 Å². The molecule has 4 aromatic carbocycles. The zero-order chi connectivity index (χ0) is 14.5. The zero-order valence-electron chi connectivity index (χ0n) is 11.5. The summed E-state index contributed by atoms with van der Waals surface area (Å²) in [5.74, 6) is 0.323. The first kappa shape index (κ1) is 13.2. The van der Waals surface area contributed by atoms with Crippen molar-refractivity contribution in [3.8, 4) is 5.75 Å². The quantitative estimate of drug-likeness (QED) is 0.467. The van der Waals surface area contributed by atoms with Gasteiger partial charge in [-0.1, -0.05) is 66.7 Å². The Morgan fingerprint density at radius 2 is 1.24 bits per heavy atom. The van der Waals surface area contributed by atoms with Crippen LogP contribution in [0.3, 0.4) is 0 Å². The molecule has 0 saturated carbocycles. The fourth-order valence-corrected chi connectivity index (χ4v) is 2.25. The lowest BCUT2D eigenvalue weighted by molar-refractivity contribution is 0.476. The molecule has 0 atom stereocenters. The standard InChI is InChI=1S/C10H8O.C10H7/c11-10-6-5-8-3-1-2-4-9(8)7-10;1-2-6-10-8-4-3-7-9(10)5-1/h1-7,11H;1-3,5-8H. The van der Waals surface area contributed by atoms with Gasteiger partial charge in [0.2, 0.25) is 0 Å². The summed E-state index contributed by atoms with van der Waals surface area (Å²) in [4.78, 5) is 0. The maximum absolute atomic E-state index is 9.13. The van der Waals surface area contributed by atoms with Crippen LogP contribution in [0.25, 0.3) is 21.5 Å². The number of rotatable bonds is 0. The highest BCUT2D eigenvalue weighted by atomic mass is 16.3. The van der Waals surface area contributed by atoms with E-state index < -0.39 is 0 Å². The smallest absolute Gasteiger partial charge is 0.116 e. The highest BCUT2D eigenvalue weighted by molar-refractivity contribution is 5.83. The molecule has 0 unspecified atom stereocenters. The number of phenols is 1. The fourth-order valence-electron chi connectivity index (χ4n) is 2.25. The Bertz CT molecular complexity index is 800. The third-order valence-corrected chi connectivity index (χ3v) is 3.33. The van der Waals surface area contributed by atoms with E-state index in [1.807, 2.05) is 54.6 Å². The molecule has 0 aliphatic heterocycles. The van der Waals surface area contributed by atoms with Crippen LogP contribution in [0, 0.1) is 6.07 Å². The molecule has 0 saturated heterocycles. The molecule has 0 aliphatic carbocycles. The molecule has 4 aromatic rings. The molecule has 0 aliphatic rings. The molecule has 4 rings (SSSR count). The predicted octanol–water partition coefficient (Wildman–Crippen LogP) is 5.19. The van der Waals surface area contributed by atoms with E-state index in [1.54, 1.807) is 12.1 Å². The van der Waals surface area contributed by atoms with Gasteiger partial charge in [-0.2, -0.15) is 0 Å². The average Bonchev–Trinajstić information content (AvgIpc) is 2.55. The van der Waals surface area contributed by atoms with Crippen LogP contribution >= 0.6 is 0 Å². The minimum absolute atomic E-state index is 0.323. The van der Waals surface area contributed by atoms with Crippen LogP contribution in [0.5, 0.6) is 5.75 Å². The van der Waals surface area contributed by atoms with E-state index in [1.165, 1.54) is 10.8 Å². The predicted molar refractivity (Wildman–Crippen MR) is 88.4 cm³/mol. The van der Waals surface area contributed by atoms with Crippen molar-refractivity contribution < 1.29 is 5.11 Å². The SMILES string of the molecule is Oc1ccc2ccccc2c1.[c]1ccc2ccccc2c1. The summed E-state index contributed by atoms with van der Waals surface area (Å²) < 4.78 is 0. The molecule has 0 fully saturated rings. The van der Waals surface area contributed by atoms with Crippen molar-refractivity contribution in [1.82, 2.24) is 0 Å². The summed E-state index contributed by atoms with van der Waals surface area (Å²) in [5, 5.41) is 13.9. The molecular weight excluding hydrogens is 256 g/mol. The second-order valence-electron chi connectivity index (χ2n) is 4.80. The average molecular weight is 271 g/mol. The highest BCUT2D eigenvalue weighted by Gasteiger charge is 1.91. The Hall–Kier alpha value is -2.80. The Kier molecular flexibility index (Phi) is 3.83. The zero-order valence-corrected chi connectivity index (χ0v) is 11.5. The lowest BCUT2D eigenvalue weighted by atomic mass is 10.1. The van der Waals surface area contributed by atoms with Crippen LogP contribution in [0.1, 0.15) is 0 Å². The van der Waals surface area contributed by atoms with Crippen molar-refractivity contribution in [3.05, 3.63) is 91.0 Å². The van der Waals surface area contributed by atoms with Crippen LogP contribution in [0.15, 0.2) is 84.9 Å². The number of hydrogen-bond donors (Lipinski definition) is 1. The van der Waals surface area contributed by atoms with E-state index in [-0.39, 0.29) is 0 Å². The number of fused-ring (bicyclic) bond motifs is 2. The first-order valence-corrected chi connectivity index (χ1v) is 6.85. The van der Waals surface area contributed by atoms with Crippen molar-refractivity contribution in [2.75, 3.05) is 0 Å². The maximum Gasteiger partial charge on any atom is 0.116 e. The number of hydrogen-bond acceptors (Lipinski definition) is 1. The molecule has 0 bridgehead atoms. The van der Waals surface area contributed by atoms with E-state index >= 15 is 0 Å². The minimum atomic E-state index is 0.323. The fraction of sp³-hybridized carbons (Fsp3) is 0. The lowest BCUT2D eigenvalue weighted by Gasteiger charge is -1.96. The van der Waals surface area contributed by atoms with Gasteiger partial charge in [0.05, 0.1) is 0 Å². The third-order valence-electron chi connectivity index (χ3n) is 3.33. The molecule has 1 radical (unpaired) electrons. The second-order valence-corrected chi connectivity index (χ2v) is 4.80. The summed E-state index contributed by atoms with van der Waals surface area (Å²) in [6.07, 6.45) is 0. The summed E-state index contributed by atoms with van der Waals surface area (Å²) in [6.45, 7) is 0. The minimum Gasteiger partial charge on any atom is -0.508 e. The first-order chi connectivity index (χ1) is 10.3. The van der Waals surface area contributed by atoms with Crippen molar-refractivity contribution >= 4 is 21.5 Å². The van der Waals surface area contributed by atoms with E-state index in [4.69, 9.17) is 5.11 Å². The molecule has 1 N–H and O–H groups in total. The van der Waals surface area contributed by atoms with Crippen LogP contribution in [-0.4, -0.2) is 5.11 Å². The molecule has 1 nitrogen and oxygen atoms in total. The Balaban J connectivity index is 0.000000126. The molecule has 101 valence electrons. The van der Waals surface area contributed by atoms with Crippen molar-refractivity contribution in [2.45, 2.75) is 0 Å². The second kappa shape index (κ2) is 6.10. The van der Waals surface area contributed by atoms with Gasteiger partial charge >= 0.3 is 0 Å². The van der Waals surface area contributed by atoms with Crippen LogP contribution in [-0.2, 0) is 0 Å². The van der Waals surface area contributed by atoms with E-state index in [0.29, 0.717) is 5.75 Å². The number of aromatic hydroxyl groups is 1. The number of benzene rings is 4. The number of phenolic OH excluding ortho intramolecular Hbond substituents is 1. The summed E-state index contributed by atoms with van der Waals surface area (Å²) in [7, 11) is 0. The summed E-state index contributed by atoms with van der Waals surface area (Å²) >= 11 is 0. The van der Waals surface area contributed by atoms with Gasteiger partial charge in [0.1, 0.15) is 5.75 Å². The van der Waals surface area contributed by atoms with Gasteiger partial charge in [0.15, 0.2) is 0 Å². The van der Waals surface area contributed by atoms with Gasteiger partial charge in [-0.05, 0) is 45.8 Å². The summed E-state index contributed by atoms with van der Waals surface area (Å²) in [5.41, 5.74) is 0. The lowest BCUT2D eigenvalue weighted by Crippen LogP contribution is -1.69. The normalized spacial score (nSPS) is 10.1. The topological polar surface area (TPSA) is 20.2 Å². The molecule has 0 amide bonds. The third kappa shape index (κ3) is 3.21. The van der Waals surface area contributed by atoms with Gasteiger partial charge in [0.25, 0.3) is 0 Å². The van der Waals surface area contributed by atoms with Gasteiger partial charge in [0, 0.05) is 0 Å². The van der Waals surface area contributed by atoms with Gasteiger partial charge in [-0.25, -0.2) is 0 Å². The Morgan fingerprint density at radius 1 is 0.619 bits per heavy atom. The summed E-state index contributed by atoms with van der Waals surface area (Å²) in [6, 6.07) is 30.6. The van der Waals surface area contributed by atoms with Crippen molar-refractivity contribution in [3.63, 3.8) is 0 Å². The van der Waals surface area contributed by atoms with Crippen molar-refractivity contribution in [2.24, 2.45) is 0 Å². The first-order valence-electron chi connectivity index (χ1n) is 6.85. The maximum atomic E-state index is 9.13. The van der Waals surface area contributed by atoms with Crippen LogP contribution < -0.4 is 0 Å². The van der Waals surface area contributed by atoms with Crippen LogP contribution in [0.2, 0.25) is 0 Å². The highest BCUT2D eigenvalue weighted by Crippen LogP contribution is 2.18. The van der Waals surface area contributed by atoms with Gasteiger partial charge < -0.3 is 5.11 Å². The van der Waals surface area contributed by atoms with E-state index in [9.17, 15) is 0 Å².